The molecule has 1 unspecified atom stereocenters. The van der Waals surface area contributed by atoms with E-state index in [9.17, 15) is 4.39 Å². The third kappa shape index (κ3) is 2.51. The highest BCUT2D eigenvalue weighted by atomic mass is 79.9. The molecule has 0 amide bonds. The van der Waals surface area contributed by atoms with Gasteiger partial charge in [0.25, 0.3) is 0 Å². The van der Waals surface area contributed by atoms with Gasteiger partial charge in [0.2, 0.25) is 0 Å². The molecule has 6 heteroatoms. The molecule has 1 fully saturated rings. The summed E-state index contributed by atoms with van der Waals surface area (Å²) >= 11 is 9.12. The van der Waals surface area contributed by atoms with Gasteiger partial charge in [0, 0.05) is 12.7 Å². The number of hydrogen-bond donors (Lipinski definition) is 0. The van der Waals surface area contributed by atoms with Crippen LogP contribution in [0.1, 0.15) is 18.7 Å². The summed E-state index contributed by atoms with van der Waals surface area (Å²) in [4.78, 5) is 4.45. The Hall–Kier alpha value is -0.650. The molecule has 3 rings (SSSR count). The Bertz CT molecular complexity index is 610. The van der Waals surface area contributed by atoms with Crippen LogP contribution in [0.2, 0.25) is 0 Å². The summed E-state index contributed by atoms with van der Waals surface area (Å²) in [7, 11) is 0. The molecule has 0 N–H and O–H groups in total. The van der Waals surface area contributed by atoms with E-state index in [-0.39, 0.29) is 11.9 Å². The minimum atomic E-state index is -0.290. The van der Waals surface area contributed by atoms with Crippen molar-refractivity contribution in [3.63, 3.8) is 0 Å². The number of nitrogens with zero attached hydrogens (tertiary/aromatic N) is 2. The number of benzene rings is 1. The van der Waals surface area contributed by atoms with E-state index >= 15 is 0 Å². The summed E-state index contributed by atoms with van der Waals surface area (Å²) in [5, 5.41) is 0. The number of imidazole rings is 1. The predicted octanol–water partition coefficient (Wildman–Crippen LogP) is 3.86. The first-order chi connectivity index (χ1) is 9.19. The van der Waals surface area contributed by atoms with Gasteiger partial charge < -0.3 is 9.30 Å². The Labute approximate surface area is 123 Å². The minimum Gasteiger partial charge on any atom is -0.376 e. The molecule has 1 saturated heterocycles. The van der Waals surface area contributed by atoms with Crippen molar-refractivity contribution in [3.05, 3.63) is 28.2 Å². The number of aromatic nitrogens is 2. The van der Waals surface area contributed by atoms with Crippen molar-refractivity contribution in [2.75, 3.05) is 6.61 Å². The molecule has 1 aliphatic heterocycles. The van der Waals surface area contributed by atoms with Crippen molar-refractivity contribution in [2.45, 2.75) is 31.4 Å². The second-order valence-electron chi connectivity index (χ2n) is 4.66. The molecular weight excluding hydrogens is 335 g/mol. The Morgan fingerprint density at radius 1 is 1.53 bits per heavy atom. The van der Waals surface area contributed by atoms with Gasteiger partial charge in [-0.25, -0.2) is 9.37 Å². The van der Waals surface area contributed by atoms with E-state index in [4.69, 9.17) is 16.3 Å². The second-order valence-corrected chi connectivity index (χ2v) is 5.78. The minimum absolute atomic E-state index is 0.172. The lowest BCUT2D eigenvalue weighted by atomic mass is 10.2. The number of halogens is 3. The van der Waals surface area contributed by atoms with E-state index < -0.39 is 0 Å². The van der Waals surface area contributed by atoms with E-state index in [1.54, 1.807) is 6.07 Å². The molecule has 0 radical (unpaired) electrons. The lowest BCUT2D eigenvalue weighted by Crippen LogP contribution is -2.16. The second kappa shape index (κ2) is 5.38. The zero-order valence-corrected chi connectivity index (χ0v) is 12.5. The fourth-order valence-electron chi connectivity index (χ4n) is 2.47. The molecule has 1 aromatic heterocycles. The number of hydrogen-bond acceptors (Lipinski definition) is 2. The molecule has 3 nitrogen and oxygen atoms in total. The third-order valence-electron chi connectivity index (χ3n) is 3.40. The van der Waals surface area contributed by atoms with Crippen LogP contribution in [0.5, 0.6) is 0 Å². The fourth-order valence-corrected chi connectivity index (χ4v) is 3.00. The van der Waals surface area contributed by atoms with Gasteiger partial charge >= 0.3 is 0 Å². The summed E-state index contributed by atoms with van der Waals surface area (Å²) in [6.45, 7) is 1.48. The SMILES string of the molecule is Fc1cc2c(cc1Br)nc(CCl)n2CC1CCCO1. The zero-order valence-electron chi connectivity index (χ0n) is 10.2. The van der Waals surface area contributed by atoms with Crippen molar-refractivity contribution in [3.8, 4) is 0 Å². The third-order valence-corrected chi connectivity index (χ3v) is 4.25. The van der Waals surface area contributed by atoms with Crippen molar-refractivity contribution in [2.24, 2.45) is 0 Å². The van der Waals surface area contributed by atoms with E-state index in [0.717, 1.165) is 36.3 Å². The fraction of sp³-hybridized carbons (Fsp3) is 0.462. The lowest BCUT2D eigenvalue weighted by Gasteiger charge is -2.13. The first-order valence-corrected chi connectivity index (χ1v) is 7.53. The molecular formula is C13H13BrClFN2O. The predicted molar refractivity (Wildman–Crippen MR) is 75.9 cm³/mol. The van der Waals surface area contributed by atoms with E-state index in [1.165, 1.54) is 6.07 Å². The van der Waals surface area contributed by atoms with Crippen molar-refractivity contribution < 1.29 is 9.13 Å². The highest BCUT2D eigenvalue weighted by Crippen LogP contribution is 2.26. The molecule has 19 heavy (non-hydrogen) atoms. The van der Waals surface area contributed by atoms with Gasteiger partial charge in [0.05, 0.1) is 34.0 Å². The average molecular weight is 348 g/mol. The van der Waals surface area contributed by atoms with E-state index in [1.807, 2.05) is 4.57 Å². The van der Waals surface area contributed by atoms with Crippen LogP contribution < -0.4 is 0 Å². The average Bonchev–Trinajstić information content (AvgIpc) is 3.00. The number of fused-ring (bicyclic) bond motifs is 1. The number of alkyl halides is 1. The summed E-state index contributed by atoms with van der Waals surface area (Å²) in [6, 6.07) is 3.18. The molecule has 102 valence electrons. The van der Waals surface area contributed by atoms with Crippen LogP contribution in [0.25, 0.3) is 11.0 Å². The largest absolute Gasteiger partial charge is 0.376 e. The highest BCUT2D eigenvalue weighted by molar-refractivity contribution is 9.10. The van der Waals surface area contributed by atoms with Crippen LogP contribution in [0, 0.1) is 5.82 Å². The molecule has 0 spiro atoms. The summed E-state index contributed by atoms with van der Waals surface area (Å²) in [5.74, 6) is 0.771. The van der Waals surface area contributed by atoms with Crippen LogP contribution in [-0.2, 0) is 17.2 Å². The first-order valence-electron chi connectivity index (χ1n) is 6.21. The Morgan fingerprint density at radius 2 is 2.37 bits per heavy atom. The molecule has 1 atom stereocenters. The smallest absolute Gasteiger partial charge is 0.139 e. The number of rotatable bonds is 3. The van der Waals surface area contributed by atoms with Gasteiger partial charge in [-0.05, 0) is 34.8 Å². The van der Waals surface area contributed by atoms with Crippen LogP contribution in [-0.4, -0.2) is 22.3 Å². The van der Waals surface area contributed by atoms with Gasteiger partial charge in [-0.2, -0.15) is 0 Å². The van der Waals surface area contributed by atoms with Gasteiger partial charge in [0.15, 0.2) is 0 Å². The van der Waals surface area contributed by atoms with Crippen LogP contribution in [0.3, 0.4) is 0 Å². The molecule has 1 aliphatic rings. The van der Waals surface area contributed by atoms with Crippen LogP contribution in [0.15, 0.2) is 16.6 Å². The Kier molecular flexibility index (Phi) is 3.78. The highest BCUT2D eigenvalue weighted by Gasteiger charge is 2.20. The van der Waals surface area contributed by atoms with Gasteiger partial charge in [-0.3, -0.25) is 0 Å². The summed E-state index contributed by atoms with van der Waals surface area (Å²) in [6.07, 6.45) is 2.28. The van der Waals surface area contributed by atoms with Crippen molar-refractivity contribution in [1.82, 2.24) is 9.55 Å². The maximum atomic E-state index is 13.7. The van der Waals surface area contributed by atoms with Crippen LogP contribution >= 0.6 is 27.5 Å². The molecule has 2 heterocycles. The maximum Gasteiger partial charge on any atom is 0.139 e. The molecule has 1 aromatic carbocycles. The van der Waals surface area contributed by atoms with Gasteiger partial charge in [-0.1, -0.05) is 0 Å². The number of ether oxygens (including phenoxy) is 1. The first kappa shape index (κ1) is 13.3. The Morgan fingerprint density at radius 3 is 3.05 bits per heavy atom. The molecule has 0 aliphatic carbocycles. The maximum absolute atomic E-state index is 13.7. The quantitative estimate of drug-likeness (QED) is 0.789. The molecule has 0 bridgehead atoms. The topological polar surface area (TPSA) is 27.1 Å². The Balaban J connectivity index is 2.06. The molecule has 2 aromatic rings. The van der Waals surface area contributed by atoms with Gasteiger partial charge in [-0.15, -0.1) is 11.6 Å². The normalized spacial score (nSPS) is 19.4. The molecule has 0 saturated carbocycles. The lowest BCUT2D eigenvalue weighted by molar-refractivity contribution is 0.0973. The van der Waals surface area contributed by atoms with Crippen molar-refractivity contribution in [1.29, 1.82) is 0 Å². The zero-order chi connectivity index (χ0) is 13.4. The van der Waals surface area contributed by atoms with Gasteiger partial charge in [0.1, 0.15) is 11.6 Å². The monoisotopic (exact) mass is 346 g/mol. The van der Waals surface area contributed by atoms with E-state index in [0.29, 0.717) is 16.9 Å². The van der Waals surface area contributed by atoms with E-state index in [2.05, 4.69) is 20.9 Å². The van der Waals surface area contributed by atoms with Crippen molar-refractivity contribution >= 4 is 38.6 Å². The standard InChI is InChI=1S/C13H13BrClFN2O/c14-9-4-11-12(5-10(9)16)18(13(6-15)17-11)7-8-2-1-3-19-8/h4-5,8H,1-3,6-7H2. The van der Waals surface area contributed by atoms with Crippen LogP contribution in [0.4, 0.5) is 4.39 Å². The summed E-state index contributed by atoms with van der Waals surface area (Å²) < 4.78 is 21.7. The summed E-state index contributed by atoms with van der Waals surface area (Å²) in [5.41, 5.74) is 1.52.